The quantitative estimate of drug-likeness (QED) is 0.581. The van der Waals surface area contributed by atoms with E-state index in [1.165, 1.54) is 32.1 Å². The van der Waals surface area contributed by atoms with E-state index in [0.717, 1.165) is 19.4 Å². The Morgan fingerprint density at radius 3 is 2.56 bits per heavy atom. The largest absolute Gasteiger partial charge is 0.353 e. The fourth-order valence-corrected chi connectivity index (χ4v) is 2.25. The SMILES string of the molecule is CCCCC[C@@H]1O[C@H](OCCCC)C[C@H]1C. The second-order valence-electron chi connectivity index (χ2n) is 5.04. The van der Waals surface area contributed by atoms with E-state index in [-0.39, 0.29) is 6.29 Å². The van der Waals surface area contributed by atoms with Crippen molar-refractivity contribution in [2.45, 2.75) is 78.1 Å². The van der Waals surface area contributed by atoms with E-state index >= 15 is 0 Å². The number of unbranched alkanes of at least 4 members (excludes halogenated alkanes) is 3. The zero-order chi connectivity index (χ0) is 11.8. The predicted octanol–water partition coefficient (Wildman–Crippen LogP) is 4.13. The van der Waals surface area contributed by atoms with E-state index in [1.54, 1.807) is 0 Å². The average molecular weight is 228 g/mol. The Labute approximate surface area is 101 Å². The molecule has 0 saturated carbocycles. The molecule has 2 heteroatoms. The van der Waals surface area contributed by atoms with Crippen molar-refractivity contribution in [3.8, 4) is 0 Å². The van der Waals surface area contributed by atoms with E-state index in [0.29, 0.717) is 12.0 Å². The Balaban J connectivity index is 2.14. The summed E-state index contributed by atoms with van der Waals surface area (Å²) in [5.41, 5.74) is 0. The molecule has 2 nitrogen and oxygen atoms in total. The second-order valence-corrected chi connectivity index (χ2v) is 5.04. The predicted molar refractivity (Wildman–Crippen MR) is 67.4 cm³/mol. The van der Waals surface area contributed by atoms with Gasteiger partial charge in [0.05, 0.1) is 6.10 Å². The van der Waals surface area contributed by atoms with E-state index in [9.17, 15) is 0 Å². The first kappa shape index (κ1) is 14.0. The molecule has 0 aliphatic carbocycles. The molecule has 0 unspecified atom stereocenters. The summed E-state index contributed by atoms with van der Waals surface area (Å²) in [6.07, 6.45) is 9.07. The Kier molecular flexibility index (Phi) is 7.06. The maximum absolute atomic E-state index is 5.94. The minimum atomic E-state index is 0.0770. The first-order valence-corrected chi connectivity index (χ1v) is 7.05. The molecule has 1 aliphatic rings. The topological polar surface area (TPSA) is 18.5 Å². The fraction of sp³-hybridized carbons (Fsp3) is 1.00. The molecular formula is C14H28O2. The van der Waals surface area contributed by atoms with Crippen LogP contribution < -0.4 is 0 Å². The van der Waals surface area contributed by atoms with Gasteiger partial charge in [0.1, 0.15) is 0 Å². The van der Waals surface area contributed by atoms with Crippen molar-refractivity contribution < 1.29 is 9.47 Å². The standard InChI is InChI=1S/C14H28O2/c1-4-6-8-9-13-12(3)11-14(16-13)15-10-7-5-2/h12-14H,4-11H2,1-3H3/t12-,13+,14+/m1/s1. The third kappa shape index (κ3) is 4.84. The molecule has 1 aliphatic heterocycles. The van der Waals surface area contributed by atoms with Gasteiger partial charge in [0.15, 0.2) is 6.29 Å². The molecule has 0 N–H and O–H groups in total. The molecule has 0 amide bonds. The average Bonchev–Trinajstić information content (AvgIpc) is 2.61. The van der Waals surface area contributed by atoms with Crippen molar-refractivity contribution >= 4 is 0 Å². The molecule has 0 aromatic rings. The van der Waals surface area contributed by atoms with Crippen LogP contribution >= 0.6 is 0 Å². The second kappa shape index (κ2) is 8.08. The lowest BCUT2D eigenvalue weighted by atomic mass is 9.99. The van der Waals surface area contributed by atoms with Gasteiger partial charge in [0, 0.05) is 13.0 Å². The molecule has 0 aromatic heterocycles. The van der Waals surface area contributed by atoms with Crippen LogP contribution in [0.3, 0.4) is 0 Å². The highest BCUT2D eigenvalue weighted by atomic mass is 16.7. The van der Waals surface area contributed by atoms with Crippen molar-refractivity contribution in [3.63, 3.8) is 0 Å². The van der Waals surface area contributed by atoms with Crippen molar-refractivity contribution in [1.29, 1.82) is 0 Å². The number of rotatable bonds is 8. The van der Waals surface area contributed by atoms with Gasteiger partial charge < -0.3 is 9.47 Å². The molecule has 1 heterocycles. The lowest BCUT2D eigenvalue weighted by Crippen LogP contribution is -2.16. The smallest absolute Gasteiger partial charge is 0.158 e. The van der Waals surface area contributed by atoms with Crippen LogP contribution in [0.5, 0.6) is 0 Å². The number of hydrogen-bond donors (Lipinski definition) is 0. The lowest BCUT2D eigenvalue weighted by molar-refractivity contribution is -0.135. The zero-order valence-corrected chi connectivity index (χ0v) is 11.2. The van der Waals surface area contributed by atoms with Crippen LogP contribution in [0.2, 0.25) is 0 Å². The van der Waals surface area contributed by atoms with Crippen LogP contribution in [0.1, 0.15) is 65.7 Å². The Hall–Kier alpha value is -0.0800. The van der Waals surface area contributed by atoms with Gasteiger partial charge in [0.2, 0.25) is 0 Å². The van der Waals surface area contributed by atoms with Gasteiger partial charge in [-0.05, 0) is 18.8 Å². The third-order valence-corrected chi connectivity index (χ3v) is 3.42. The van der Waals surface area contributed by atoms with Gasteiger partial charge in [0.25, 0.3) is 0 Å². The van der Waals surface area contributed by atoms with E-state index in [2.05, 4.69) is 20.8 Å². The van der Waals surface area contributed by atoms with Crippen LogP contribution in [-0.2, 0) is 9.47 Å². The molecule has 0 aromatic carbocycles. The molecule has 96 valence electrons. The lowest BCUT2D eigenvalue weighted by Gasteiger charge is -2.15. The van der Waals surface area contributed by atoms with Crippen LogP contribution in [-0.4, -0.2) is 19.0 Å². The maximum Gasteiger partial charge on any atom is 0.158 e. The molecule has 16 heavy (non-hydrogen) atoms. The molecule has 0 radical (unpaired) electrons. The Bertz CT molecular complexity index is 170. The highest BCUT2D eigenvalue weighted by molar-refractivity contribution is 4.75. The molecule has 1 rings (SSSR count). The first-order valence-electron chi connectivity index (χ1n) is 7.05. The van der Waals surface area contributed by atoms with E-state index in [1.807, 2.05) is 0 Å². The van der Waals surface area contributed by atoms with Crippen LogP contribution in [0.15, 0.2) is 0 Å². The molecule has 3 atom stereocenters. The maximum atomic E-state index is 5.94. The summed E-state index contributed by atoms with van der Waals surface area (Å²) in [6.45, 7) is 7.58. The van der Waals surface area contributed by atoms with Gasteiger partial charge >= 0.3 is 0 Å². The van der Waals surface area contributed by atoms with Crippen LogP contribution in [0.25, 0.3) is 0 Å². The Morgan fingerprint density at radius 2 is 1.88 bits per heavy atom. The van der Waals surface area contributed by atoms with Gasteiger partial charge in [-0.15, -0.1) is 0 Å². The van der Waals surface area contributed by atoms with Crippen LogP contribution in [0.4, 0.5) is 0 Å². The van der Waals surface area contributed by atoms with Crippen molar-refractivity contribution in [2.75, 3.05) is 6.61 Å². The minimum absolute atomic E-state index is 0.0770. The summed E-state index contributed by atoms with van der Waals surface area (Å²) in [4.78, 5) is 0. The summed E-state index contributed by atoms with van der Waals surface area (Å²) in [5, 5.41) is 0. The molecule has 0 spiro atoms. The van der Waals surface area contributed by atoms with Crippen molar-refractivity contribution in [2.24, 2.45) is 5.92 Å². The van der Waals surface area contributed by atoms with Gasteiger partial charge in [-0.2, -0.15) is 0 Å². The van der Waals surface area contributed by atoms with Crippen molar-refractivity contribution in [1.82, 2.24) is 0 Å². The highest BCUT2D eigenvalue weighted by Gasteiger charge is 2.31. The summed E-state index contributed by atoms with van der Waals surface area (Å²) < 4.78 is 11.7. The number of hydrogen-bond acceptors (Lipinski definition) is 2. The fourth-order valence-electron chi connectivity index (χ4n) is 2.25. The van der Waals surface area contributed by atoms with E-state index in [4.69, 9.17) is 9.47 Å². The van der Waals surface area contributed by atoms with Crippen LogP contribution in [0, 0.1) is 5.92 Å². The Morgan fingerprint density at radius 1 is 1.12 bits per heavy atom. The minimum Gasteiger partial charge on any atom is -0.353 e. The van der Waals surface area contributed by atoms with Crippen molar-refractivity contribution in [3.05, 3.63) is 0 Å². The molecule has 1 fully saturated rings. The monoisotopic (exact) mass is 228 g/mol. The van der Waals surface area contributed by atoms with Gasteiger partial charge in [-0.3, -0.25) is 0 Å². The number of ether oxygens (including phenoxy) is 2. The highest BCUT2D eigenvalue weighted by Crippen LogP contribution is 2.30. The van der Waals surface area contributed by atoms with Gasteiger partial charge in [-0.25, -0.2) is 0 Å². The normalized spacial score (nSPS) is 29.8. The molecular weight excluding hydrogens is 200 g/mol. The first-order chi connectivity index (χ1) is 7.77. The summed E-state index contributed by atoms with van der Waals surface area (Å²) >= 11 is 0. The zero-order valence-electron chi connectivity index (χ0n) is 11.2. The molecule has 1 saturated heterocycles. The summed E-state index contributed by atoms with van der Waals surface area (Å²) in [5.74, 6) is 0.670. The van der Waals surface area contributed by atoms with Gasteiger partial charge in [-0.1, -0.05) is 46.5 Å². The molecule has 0 bridgehead atoms. The summed E-state index contributed by atoms with van der Waals surface area (Å²) in [7, 11) is 0. The summed E-state index contributed by atoms with van der Waals surface area (Å²) in [6, 6.07) is 0. The third-order valence-electron chi connectivity index (χ3n) is 3.42. The van der Waals surface area contributed by atoms with E-state index < -0.39 is 0 Å².